The Hall–Kier alpha value is -2.72. The van der Waals surface area contributed by atoms with Crippen molar-refractivity contribution < 1.29 is 13.9 Å². The molecule has 0 saturated heterocycles. The molecule has 1 amide bonds. The Morgan fingerprint density at radius 3 is 2.90 bits per heavy atom. The van der Waals surface area contributed by atoms with Gasteiger partial charge in [-0.2, -0.15) is 9.65 Å². The number of amides is 1. The molecule has 0 aromatic carbocycles. The summed E-state index contributed by atoms with van der Waals surface area (Å²) in [6, 6.07) is 7.05. The van der Waals surface area contributed by atoms with Gasteiger partial charge in [0.2, 0.25) is 5.95 Å². The van der Waals surface area contributed by atoms with E-state index in [4.69, 9.17) is 21.6 Å². The summed E-state index contributed by atoms with van der Waals surface area (Å²) in [5.74, 6) is -0.949. The molecule has 106 valence electrons. The zero-order chi connectivity index (χ0) is 15.2. The Morgan fingerprint density at radius 2 is 2.24 bits per heavy atom. The van der Waals surface area contributed by atoms with Gasteiger partial charge in [0.1, 0.15) is 11.9 Å². The van der Waals surface area contributed by atoms with Crippen LogP contribution in [0, 0.1) is 17.3 Å². The van der Waals surface area contributed by atoms with Crippen molar-refractivity contribution in [3.05, 3.63) is 47.1 Å². The molecule has 1 N–H and O–H groups in total. The lowest BCUT2D eigenvalue weighted by Crippen LogP contribution is -2.21. The highest BCUT2D eigenvalue weighted by atomic mass is 35.5. The number of anilines is 1. The quantitative estimate of drug-likeness (QED) is 0.874. The number of carbonyl (C=O) groups excluding carboxylic acids is 1. The van der Waals surface area contributed by atoms with Crippen molar-refractivity contribution in [3.63, 3.8) is 0 Å². The molecule has 2 aromatic heterocycles. The van der Waals surface area contributed by atoms with Gasteiger partial charge in [-0.1, -0.05) is 11.6 Å². The fraction of sp³-hybridized carbons (Fsp3) is 0.0769. The number of nitrogens with zero attached hydrogens (tertiary/aromatic N) is 3. The van der Waals surface area contributed by atoms with Gasteiger partial charge in [0, 0.05) is 6.20 Å². The number of hydrogen-bond acceptors (Lipinski definition) is 5. The third-order valence-electron chi connectivity index (χ3n) is 2.28. The summed E-state index contributed by atoms with van der Waals surface area (Å²) in [6.07, 6.45) is 1.38. The van der Waals surface area contributed by atoms with E-state index in [-0.39, 0.29) is 18.1 Å². The van der Waals surface area contributed by atoms with E-state index in [1.165, 1.54) is 18.3 Å². The highest BCUT2D eigenvalue weighted by Crippen LogP contribution is 2.15. The average Bonchev–Trinajstić information content (AvgIpc) is 2.48. The van der Waals surface area contributed by atoms with Gasteiger partial charge in [-0.25, -0.2) is 9.97 Å². The molecule has 21 heavy (non-hydrogen) atoms. The predicted octanol–water partition coefficient (Wildman–Crippen LogP) is 2.16. The first kappa shape index (κ1) is 14.7. The third kappa shape index (κ3) is 4.12. The minimum Gasteiger partial charge on any atom is -0.481 e. The van der Waals surface area contributed by atoms with E-state index >= 15 is 0 Å². The minimum atomic E-state index is -0.797. The van der Waals surface area contributed by atoms with Gasteiger partial charge in [-0.15, -0.1) is 0 Å². The van der Waals surface area contributed by atoms with Crippen LogP contribution in [0.3, 0.4) is 0 Å². The zero-order valence-electron chi connectivity index (χ0n) is 10.5. The second-order valence-electron chi connectivity index (χ2n) is 3.79. The maximum absolute atomic E-state index is 12.8. The molecular weight excluding hydrogens is 299 g/mol. The van der Waals surface area contributed by atoms with E-state index in [9.17, 15) is 9.18 Å². The van der Waals surface area contributed by atoms with Crippen LogP contribution in [0.1, 0.15) is 5.69 Å². The summed E-state index contributed by atoms with van der Waals surface area (Å²) in [4.78, 5) is 18.9. The van der Waals surface area contributed by atoms with Crippen LogP contribution in [0.4, 0.5) is 10.2 Å². The molecule has 8 heteroatoms. The molecule has 0 unspecified atom stereocenters. The number of pyridine rings is 2. The van der Waals surface area contributed by atoms with Crippen molar-refractivity contribution in [3.8, 4) is 11.8 Å². The first-order valence-corrected chi connectivity index (χ1v) is 6.07. The van der Waals surface area contributed by atoms with Gasteiger partial charge in [0.05, 0.1) is 5.02 Å². The normalized spacial score (nSPS) is 9.76. The van der Waals surface area contributed by atoms with Crippen molar-refractivity contribution in [2.45, 2.75) is 0 Å². The zero-order valence-corrected chi connectivity index (χ0v) is 11.3. The molecule has 0 radical (unpaired) electrons. The van der Waals surface area contributed by atoms with Gasteiger partial charge in [0.15, 0.2) is 18.1 Å². The molecule has 6 nitrogen and oxygen atoms in total. The van der Waals surface area contributed by atoms with Crippen molar-refractivity contribution >= 4 is 23.3 Å². The van der Waals surface area contributed by atoms with E-state index in [0.717, 1.165) is 6.07 Å². The number of hydrogen-bond donors (Lipinski definition) is 1. The smallest absolute Gasteiger partial charge is 0.263 e. The lowest BCUT2D eigenvalue weighted by molar-refractivity contribution is -0.118. The monoisotopic (exact) mass is 306 g/mol. The topological polar surface area (TPSA) is 87.9 Å². The van der Waals surface area contributed by atoms with Crippen molar-refractivity contribution in [1.29, 1.82) is 5.26 Å². The molecule has 0 aliphatic carbocycles. The SMILES string of the molecule is N#Cc1nc(F)ccc1OCC(=O)Nc1ccc(Cl)cn1. The van der Waals surface area contributed by atoms with Crippen LogP contribution < -0.4 is 10.1 Å². The van der Waals surface area contributed by atoms with Crippen LogP contribution in [-0.4, -0.2) is 22.5 Å². The molecule has 0 spiro atoms. The number of ether oxygens (including phenoxy) is 1. The van der Waals surface area contributed by atoms with Crippen LogP contribution >= 0.6 is 11.6 Å². The summed E-state index contributed by atoms with van der Waals surface area (Å²) in [6.45, 7) is -0.369. The lowest BCUT2D eigenvalue weighted by Gasteiger charge is -2.07. The summed E-state index contributed by atoms with van der Waals surface area (Å²) < 4.78 is 18.0. The van der Waals surface area contributed by atoms with E-state index in [1.54, 1.807) is 12.1 Å². The minimum absolute atomic E-state index is 0.0260. The van der Waals surface area contributed by atoms with E-state index in [1.807, 2.05) is 0 Å². The number of nitriles is 1. The number of nitrogens with one attached hydrogen (secondary N) is 1. The molecule has 0 saturated carbocycles. The van der Waals surface area contributed by atoms with Crippen LogP contribution in [-0.2, 0) is 4.79 Å². The van der Waals surface area contributed by atoms with Gasteiger partial charge in [-0.3, -0.25) is 4.79 Å². The molecular formula is C13H8ClFN4O2. The van der Waals surface area contributed by atoms with E-state index in [0.29, 0.717) is 10.8 Å². The highest BCUT2D eigenvalue weighted by molar-refractivity contribution is 6.30. The largest absolute Gasteiger partial charge is 0.481 e. The Kier molecular flexibility index (Phi) is 4.64. The Morgan fingerprint density at radius 1 is 1.43 bits per heavy atom. The number of rotatable bonds is 4. The van der Waals surface area contributed by atoms with Gasteiger partial charge in [-0.05, 0) is 24.3 Å². The Bertz CT molecular complexity index is 700. The van der Waals surface area contributed by atoms with Crippen molar-refractivity contribution in [2.75, 3.05) is 11.9 Å². The van der Waals surface area contributed by atoms with Crippen molar-refractivity contribution in [2.24, 2.45) is 0 Å². The molecule has 0 aliphatic rings. The van der Waals surface area contributed by atoms with Gasteiger partial charge >= 0.3 is 0 Å². The molecule has 0 bridgehead atoms. The third-order valence-corrected chi connectivity index (χ3v) is 2.51. The standard InChI is InChI=1S/C13H8ClFN4O2/c14-8-1-4-12(17-6-8)19-13(20)7-21-10-2-3-11(15)18-9(10)5-16/h1-4,6H,7H2,(H,17,19,20). The number of aromatic nitrogens is 2. The molecule has 0 aliphatic heterocycles. The summed E-state index contributed by atoms with van der Waals surface area (Å²) >= 11 is 5.67. The fourth-order valence-electron chi connectivity index (χ4n) is 1.39. The highest BCUT2D eigenvalue weighted by Gasteiger charge is 2.09. The molecule has 2 heterocycles. The Labute approximate surface area is 124 Å². The van der Waals surface area contributed by atoms with Gasteiger partial charge < -0.3 is 10.1 Å². The second-order valence-corrected chi connectivity index (χ2v) is 4.23. The fourth-order valence-corrected chi connectivity index (χ4v) is 1.50. The molecule has 0 atom stereocenters. The first-order chi connectivity index (χ1) is 10.1. The number of carbonyl (C=O) groups is 1. The molecule has 2 rings (SSSR count). The van der Waals surface area contributed by atoms with Crippen LogP contribution in [0.2, 0.25) is 5.02 Å². The number of halogens is 2. The summed E-state index contributed by atoms with van der Waals surface area (Å²) in [5, 5.41) is 11.7. The molecule has 0 fully saturated rings. The second kappa shape index (κ2) is 6.63. The van der Waals surface area contributed by atoms with E-state index in [2.05, 4.69) is 15.3 Å². The predicted molar refractivity (Wildman–Crippen MR) is 72.3 cm³/mol. The Balaban J connectivity index is 1.95. The van der Waals surface area contributed by atoms with Gasteiger partial charge in [0.25, 0.3) is 5.91 Å². The van der Waals surface area contributed by atoms with Crippen LogP contribution in [0.15, 0.2) is 30.5 Å². The molecule has 2 aromatic rings. The summed E-state index contributed by atoms with van der Waals surface area (Å²) in [5.41, 5.74) is -0.229. The summed E-state index contributed by atoms with van der Waals surface area (Å²) in [7, 11) is 0. The maximum Gasteiger partial charge on any atom is 0.263 e. The lowest BCUT2D eigenvalue weighted by atomic mass is 10.3. The average molecular weight is 307 g/mol. The van der Waals surface area contributed by atoms with Crippen molar-refractivity contribution in [1.82, 2.24) is 9.97 Å². The van der Waals surface area contributed by atoms with E-state index < -0.39 is 11.9 Å². The first-order valence-electron chi connectivity index (χ1n) is 5.69. The van der Waals surface area contributed by atoms with Crippen LogP contribution in [0.5, 0.6) is 5.75 Å². The maximum atomic E-state index is 12.8. The van der Waals surface area contributed by atoms with Crippen LogP contribution in [0.25, 0.3) is 0 Å².